The maximum atomic E-state index is 6.65. The third-order valence-electron chi connectivity index (χ3n) is 8.02. The summed E-state index contributed by atoms with van der Waals surface area (Å²) in [6.07, 6.45) is 1.77. The molecule has 0 amide bonds. The fourth-order valence-electron chi connectivity index (χ4n) is 5.01. The standard InChI is InChI=1S/C28H44O2Si2/c1-22(30-31(8,9)27(2,3)4)26-20-23(29-26)21-32(28(5,6)7,24-16-12-10-13-17-24)25-18-14-11-15-19-25/h10-19,22-23,26H,20-21H2,1-9H3/t22-,23+,26-/m0/s1. The van der Waals surface area contributed by atoms with Crippen LogP contribution in [0.15, 0.2) is 60.7 Å². The lowest BCUT2D eigenvalue weighted by atomic mass is 10.0. The summed E-state index contributed by atoms with van der Waals surface area (Å²) in [7, 11) is -3.87. The second-order valence-electron chi connectivity index (χ2n) is 12.2. The molecule has 2 aromatic carbocycles. The van der Waals surface area contributed by atoms with Gasteiger partial charge in [0, 0.05) is 6.42 Å². The van der Waals surface area contributed by atoms with Gasteiger partial charge in [-0.05, 0) is 36.1 Å². The second-order valence-corrected chi connectivity index (χ2v) is 21.8. The van der Waals surface area contributed by atoms with Crippen molar-refractivity contribution in [2.45, 2.75) is 102 Å². The van der Waals surface area contributed by atoms with Crippen LogP contribution in [0.5, 0.6) is 0 Å². The Labute approximate surface area is 198 Å². The van der Waals surface area contributed by atoms with E-state index in [0.717, 1.165) is 12.5 Å². The van der Waals surface area contributed by atoms with Crippen molar-refractivity contribution in [1.82, 2.24) is 0 Å². The van der Waals surface area contributed by atoms with E-state index in [4.69, 9.17) is 9.16 Å². The number of ether oxygens (including phenoxy) is 1. The van der Waals surface area contributed by atoms with Crippen LogP contribution in [0.1, 0.15) is 54.9 Å². The van der Waals surface area contributed by atoms with E-state index in [9.17, 15) is 0 Å². The molecule has 3 atom stereocenters. The summed E-state index contributed by atoms with van der Waals surface area (Å²) in [6.45, 7) is 21.1. The molecule has 1 aliphatic rings. The first kappa shape index (κ1) is 25.4. The maximum absolute atomic E-state index is 6.65. The summed E-state index contributed by atoms with van der Waals surface area (Å²) >= 11 is 0. The molecular weight excluding hydrogens is 424 g/mol. The average molecular weight is 469 g/mol. The van der Waals surface area contributed by atoms with Gasteiger partial charge < -0.3 is 9.16 Å². The number of hydrogen-bond acceptors (Lipinski definition) is 2. The Hall–Kier alpha value is -1.21. The van der Waals surface area contributed by atoms with Crippen LogP contribution >= 0.6 is 0 Å². The van der Waals surface area contributed by atoms with E-state index in [1.54, 1.807) is 0 Å². The van der Waals surface area contributed by atoms with Crippen LogP contribution in [0.2, 0.25) is 29.2 Å². The molecule has 1 aliphatic heterocycles. The molecule has 1 fully saturated rings. The molecule has 176 valence electrons. The van der Waals surface area contributed by atoms with Crippen molar-refractivity contribution in [2.75, 3.05) is 0 Å². The van der Waals surface area contributed by atoms with Gasteiger partial charge in [0.2, 0.25) is 0 Å². The van der Waals surface area contributed by atoms with Crippen molar-refractivity contribution in [3.8, 4) is 0 Å². The van der Waals surface area contributed by atoms with Crippen LogP contribution < -0.4 is 10.4 Å². The third kappa shape index (κ3) is 4.99. The fraction of sp³-hybridized carbons (Fsp3) is 0.571. The van der Waals surface area contributed by atoms with Gasteiger partial charge in [0.1, 0.15) is 8.07 Å². The summed E-state index contributed by atoms with van der Waals surface area (Å²) in [5.74, 6) is 0. The molecule has 0 spiro atoms. The molecule has 0 saturated carbocycles. The molecule has 1 saturated heterocycles. The van der Waals surface area contributed by atoms with Gasteiger partial charge in [-0.3, -0.25) is 0 Å². The summed E-state index contributed by atoms with van der Waals surface area (Å²) < 4.78 is 13.2. The van der Waals surface area contributed by atoms with Crippen LogP contribution in [-0.4, -0.2) is 34.7 Å². The van der Waals surface area contributed by atoms with E-state index >= 15 is 0 Å². The van der Waals surface area contributed by atoms with E-state index in [1.807, 2.05) is 0 Å². The first-order valence-corrected chi connectivity index (χ1v) is 17.3. The molecule has 0 radical (unpaired) electrons. The third-order valence-corrected chi connectivity index (χ3v) is 18.9. The largest absolute Gasteiger partial charge is 0.412 e. The SMILES string of the molecule is C[C@H](O[Si](C)(C)C(C)(C)C)[C@@H]1C[C@H](C[Si](c2ccccc2)(c2ccccc2)C(C)(C)C)O1. The van der Waals surface area contributed by atoms with Crippen LogP contribution in [0.25, 0.3) is 0 Å². The molecule has 0 bridgehead atoms. The van der Waals surface area contributed by atoms with Crippen molar-refractivity contribution in [2.24, 2.45) is 0 Å². The number of benzene rings is 2. The number of rotatable bonds is 7. The van der Waals surface area contributed by atoms with E-state index in [-0.39, 0.29) is 22.3 Å². The molecule has 4 heteroatoms. The zero-order valence-corrected chi connectivity index (χ0v) is 23.7. The minimum atomic E-state index is -2.08. The van der Waals surface area contributed by atoms with E-state index < -0.39 is 16.4 Å². The Morgan fingerprint density at radius 3 is 1.66 bits per heavy atom. The normalized spacial score (nSPS) is 21.2. The lowest BCUT2D eigenvalue weighted by Gasteiger charge is -2.50. The zero-order chi connectivity index (χ0) is 23.8. The van der Waals surface area contributed by atoms with Crippen molar-refractivity contribution >= 4 is 26.8 Å². The highest BCUT2D eigenvalue weighted by atomic mass is 28.4. The monoisotopic (exact) mass is 468 g/mol. The zero-order valence-electron chi connectivity index (χ0n) is 21.7. The highest BCUT2D eigenvalue weighted by Crippen LogP contribution is 2.44. The Kier molecular flexibility index (Phi) is 7.31. The van der Waals surface area contributed by atoms with Gasteiger partial charge in [0.05, 0.1) is 18.3 Å². The van der Waals surface area contributed by atoms with Crippen LogP contribution in [0, 0.1) is 0 Å². The van der Waals surface area contributed by atoms with E-state index in [1.165, 1.54) is 10.4 Å². The van der Waals surface area contributed by atoms with Crippen molar-refractivity contribution < 1.29 is 9.16 Å². The molecule has 2 aromatic rings. The molecule has 0 aliphatic carbocycles. The van der Waals surface area contributed by atoms with Gasteiger partial charge in [-0.15, -0.1) is 0 Å². The Morgan fingerprint density at radius 1 is 0.844 bits per heavy atom. The molecule has 2 nitrogen and oxygen atoms in total. The lowest BCUT2D eigenvalue weighted by molar-refractivity contribution is -0.155. The van der Waals surface area contributed by atoms with Gasteiger partial charge in [0.15, 0.2) is 8.32 Å². The summed E-state index contributed by atoms with van der Waals surface area (Å²) in [5.41, 5.74) is 0. The first-order valence-electron chi connectivity index (χ1n) is 12.2. The topological polar surface area (TPSA) is 18.5 Å². The molecule has 0 unspecified atom stereocenters. The van der Waals surface area contributed by atoms with Gasteiger partial charge in [-0.1, -0.05) is 113 Å². The molecular formula is C28H44O2Si2. The molecule has 3 rings (SSSR count). The molecule has 32 heavy (non-hydrogen) atoms. The summed E-state index contributed by atoms with van der Waals surface area (Å²) in [4.78, 5) is 0. The lowest BCUT2D eigenvalue weighted by Crippen LogP contribution is -2.67. The Morgan fingerprint density at radius 2 is 1.28 bits per heavy atom. The van der Waals surface area contributed by atoms with Gasteiger partial charge >= 0.3 is 0 Å². The van der Waals surface area contributed by atoms with E-state index in [0.29, 0.717) is 6.10 Å². The van der Waals surface area contributed by atoms with Crippen molar-refractivity contribution in [3.05, 3.63) is 60.7 Å². The van der Waals surface area contributed by atoms with Crippen molar-refractivity contribution in [1.29, 1.82) is 0 Å². The van der Waals surface area contributed by atoms with Crippen LogP contribution in [-0.2, 0) is 9.16 Å². The average Bonchev–Trinajstić information content (AvgIpc) is 2.66. The second kappa shape index (κ2) is 9.21. The predicted octanol–water partition coefficient (Wildman–Crippen LogP) is 6.62. The predicted molar refractivity (Wildman–Crippen MR) is 143 cm³/mol. The highest BCUT2D eigenvalue weighted by molar-refractivity contribution is 7.04. The fourth-order valence-corrected chi connectivity index (χ4v) is 12.1. The van der Waals surface area contributed by atoms with Gasteiger partial charge in [-0.25, -0.2) is 0 Å². The maximum Gasteiger partial charge on any atom is 0.192 e. The van der Waals surface area contributed by atoms with Gasteiger partial charge in [0.25, 0.3) is 0 Å². The molecule has 1 heterocycles. The van der Waals surface area contributed by atoms with Crippen LogP contribution in [0.3, 0.4) is 0 Å². The highest BCUT2D eigenvalue weighted by Gasteiger charge is 2.52. The molecule has 0 aromatic heterocycles. The summed E-state index contributed by atoms with van der Waals surface area (Å²) in [6, 6.07) is 23.6. The van der Waals surface area contributed by atoms with Crippen LogP contribution in [0.4, 0.5) is 0 Å². The Balaban J connectivity index is 1.83. The Bertz CT molecular complexity index is 820. The van der Waals surface area contributed by atoms with Crippen molar-refractivity contribution in [3.63, 3.8) is 0 Å². The van der Waals surface area contributed by atoms with Gasteiger partial charge in [-0.2, -0.15) is 0 Å². The van der Waals surface area contributed by atoms with E-state index in [2.05, 4.69) is 122 Å². The first-order chi connectivity index (χ1) is 14.8. The minimum Gasteiger partial charge on any atom is -0.412 e. The smallest absolute Gasteiger partial charge is 0.192 e. The quantitative estimate of drug-likeness (QED) is 0.425. The number of hydrogen-bond donors (Lipinski definition) is 0. The summed E-state index contributed by atoms with van der Waals surface area (Å²) in [5, 5.41) is 3.42. The molecule has 0 N–H and O–H groups in total. The minimum absolute atomic E-state index is 0.159.